The minimum Gasteiger partial charge on any atom is -0.277 e. The standard InChI is InChI=1S/C10H8BrClN2/c1-7-2-4-8(5-3-7)14-9(11)6-13-10(14)12/h2-6H,1H3. The molecular weight excluding hydrogens is 263 g/mol. The van der Waals surface area contributed by atoms with Gasteiger partial charge in [-0.1, -0.05) is 17.7 Å². The summed E-state index contributed by atoms with van der Waals surface area (Å²) in [6, 6.07) is 8.09. The Morgan fingerprint density at radius 2 is 1.93 bits per heavy atom. The molecule has 1 aromatic carbocycles. The van der Waals surface area contributed by atoms with Gasteiger partial charge >= 0.3 is 0 Å². The lowest BCUT2D eigenvalue weighted by atomic mass is 10.2. The van der Waals surface area contributed by atoms with Crippen LogP contribution in [0.15, 0.2) is 35.1 Å². The number of aromatic nitrogens is 2. The van der Waals surface area contributed by atoms with Gasteiger partial charge in [-0.05, 0) is 46.6 Å². The van der Waals surface area contributed by atoms with Gasteiger partial charge in [0.15, 0.2) is 0 Å². The molecule has 0 N–H and O–H groups in total. The zero-order valence-corrected chi connectivity index (χ0v) is 9.88. The molecule has 2 rings (SSSR count). The Kier molecular flexibility index (Phi) is 2.61. The molecule has 0 amide bonds. The number of nitrogens with zero attached hydrogens (tertiary/aromatic N) is 2. The largest absolute Gasteiger partial charge is 0.277 e. The lowest BCUT2D eigenvalue weighted by Crippen LogP contribution is -1.93. The maximum atomic E-state index is 5.94. The van der Waals surface area contributed by atoms with Crippen molar-refractivity contribution in [1.29, 1.82) is 0 Å². The van der Waals surface area contributed by atoms with Crippen LogP contribution < -0.4 is 0 Å². The predicted octanol–water partition coefficient (Wildman–Crippen LogP) is 3.60. The third-order valence-electron chi connectivity index (χ3n) is 1.97. The zero-order valence-electron chi connectivity index (χ0n) is 7.54. The van der Waals surface area contributed by atoms with Gasteiger partial charge in [0, 0.05) is 5.69 Å². The second-order valence-corrected chi connectivity index (χ2v) is 4.17. The second kappa shape index (κ2) is 3.75. The van der Waals surface area contributed by atoms with E-state index in [0.29, 0.717) is 5.28 Å². The lowest BCUT2D eigenvalue weighted by molar-refractivity contribution is 1.03. The van der Waals surface area contributed by atoms with Gasteiger partial charge in [-0.2, -0.15) is 0 Å². The molecule has 1 aromatic heterocycles. The molecule has 0 radical (unpaired) electrons. The number of hydrogen-bond acceptors (Lipinski definition) is 1. The molecule has 0 unspecified atom stereocenters. The third-order valence-corrected chi connectivity index (χ3v) is 2.79. The Hall–Kier alpha value is -0.800. The van der Waals surface area contributed by atoms with E-state index in [2.05, 4.69) is 20.9 Å². The van der Waals surface area contributed by atoms with Gasteiger partial charge in [0.05, 0.1) is 6.20 Å². The zero-order chi connectivity index (χ0) is 10.1. The lowest BCUT2D eigenvalue weighted by Gasteiger charge is -2.05. The van der Waals surface area contributed by atoms with Crippen molar-refractivity contribution in [3.63, 3.8) is 0 Å². The summed E-state index contributed by atoms with van der Waals surface area (Å²) in [5.74, 6) is 0. The fourth-order valence-electron chi connectivity index (χ4n) is 1.23. The minimum atomic E-state index is 0.459. The molecule has 1 heterocycles. The van der Waals surface area contributed by atoms with E-state index in [0.717, 1.165) is 10.3 Å². The Morgan fingerprint density at radius 3 is 2.43 bits per heavy atom. The summed E-state index contributed by atoms with van der Waals surface area (Å²) in [4.78, 5) is 4.00. The Labute approximate surface area is 95.7 Å². The SMILES string of the molecule is Cc1ccc(-n2c(Br)cnc2Cl)cc1. The maximum Gasteiger partial charge on any atom is 0.208 e. The molecule has 0 spiro atoms. The first-order valence-electron chi connectivity index (χ1n) is 4.14. The topological polar surface area (TPSA) is 17.8 Å². The van der Waals surface area contributed by atoms with E-state index in [1.165, 1.54) is 5.56 Å². The summed E-state index contributed by atoms with van der Waals surface area (Å²) in [7, 11) is 0. The smallest absolute Gasteiger partial charge is 0.208 e. The van der Waals surface area contributed by atoms with E-state index in [4.69, 9.17) is 11.6 Å². The van der Waals surface area contributed by atoms with Crippen LogP contribution in [0.25, 0.3) is 5.69 Å². The first kappa shape index (κ1) is 9.74. The molecule has 14 heavy (non-hydrogen) atoms. The highest BCUT2D eigenvalue weighted by Crippen LogP contribution is 2.22. The van der Waals surface area contributed by atoms with Gasteiger partial charge in [0.25, 0.3) is 0 Å². The summed E-state index contributed by atoms with van der Waals surface area (Å²) in [6.45, 7) is 2.05. The first-order chi connectivity index (χ1) is 6.68. The summed E-state index contributed by atoms with van der Waals surface area (Å²) in [6.07, 6.45) is 1.68. The maximum absolute atomic E-state index is 5.94. The quantitative estimate of drug-likeness (QED) is 0.775. The van der Waals surface area contributed by atoms with Crippen LogP contribution in [0.1, 0.15) is 5.56 Å². The molecule has 72 valence electrons. The van der Waals surface area contributed by atoms with Crippen LogP contribution in [-0.4, -0.2) is 9.55 Å². The minimum absolute atomic E-state index is 0.459. The predicted molar refractivity (Wildman–Crippen MR) is 61.0 cm³/mol. The fraction of sp³-hybridized carbons (Fsp3) is 0.100. The Balaban J connectivity index is 2.54. The molecule has 0 saturated heterocycles. The highest BCUT2D eigenvalue weighted by Gasteiger charge is 2.06. The average Bonchev–Trinajstić information content (AvgIpc) is 2.49. The number of imidazole rings is 1. The molecule has 0 bridgehead atoms. The molecule has 4 heteroatoms. The normalized spacial score (nSPS) is 10.5. The molecule has 0 aliphatic rings. The molecule has 0 aliphatic carbocycles. The van der Waals surface area contributed by atoms with Crippen LogP contribution in [-0.2, 0) is 0 Å². The van der Waals surface area contributed by atoms with Crippen molar-refractivity contribution in [1.82, 2.24) is 9.55 Å². The van der Waals surface area contributed by atoms with Crippen LogP contribution in [0.5, 0.6) is 0 Å². The van der Waals surface area contributed by atoms with Crippen LogP contribution in [0.2, 0.25) is 5.28 Å². The van der Waals surface area contributed by atoms with Crippen LogP contribution in [0, 0.1) is 6.92 Å². The number of benzene rings is 1. The molecule has 0 aliphatic heterocycles. The van der Waals surface area contributed by atoms with Crippen LogP contribution in [0.4, 0.5) is 0 Å². The van der Waals surface area contributed by atoms with E-state index in [1.807, 2.05) is 35.8 Å². The molecule has 2 aromatic rings. The van der Waals surface area contributed by atoms with Crippen molar-refractivity contribution in [2.45, 2.75) is 6.92 Å². The molecule has 0 fully saturated rings. The third kappa shape index (κ3) is 1.70. The monoisotopic (exact) mass is 270 g/mol. The van der Waals surface area contributed by atoms with Gasteiger partial charge in [-0.3, -0.25) is 4.57 Å². The van der Waals surface area contributed by atoms with E-state index < -0.39 is 0 Å². The van der Waals surface area contributed by atoms with Crippen molar-refractivity contribution < 1.29 is 0 Å². The van der Waals surface area contributed by atoms with E-state index in [9.17, 15) is 0 Å². The van der Waals surface area contributed by atoms with Gasteiger partial charge in [-0.15, -0.1) is 0 Å². The average molecular weight is 272 g/mol. The highest BCUT2D eigenvalue weighted by atomic mass is 79.9. The van der Waals surface area contributed by atoms with Crippen LogP contribution >= 0.6 is 27.5 Å². The van der Waals surface area contributed by atoms with Gasteiger partial charge < -0.3 is 0 Å². The van der Waals surface area contributed by atoms with E-state index in [1.54, 1.807) is 6.20 Å². The summed E-state index contributed by atoms with van der Waals surface area (Å²) >= 11 is 9.33. The van der Waals surface area contributed by atoms with Gasteiger partial charge in [0.2, 0.25) is 5.28 Å². The number of aryl methyl sites for hydroxylation is 1. The summed E-state index contributed by atoms with van der Waals surface area (Å²) in [5, 5.41) is 0.459. The highest BCUT2D eigenvalue weighted by molar-refractivity contribution is 9.10. The summed E-state index contributed by atoms with van der Waals surface area (Å²) in [5.41, 5.74) is 2.23. The van der Waals surface area contributed by atoms with E-state index in [-0.39, 0.29) is 0 Å². The van der Waals surface area contributed by atoms with E-state index >= 15 is 0 Å². The van der Waals surface area contributed by atoms with Crippen molar-refractivity contribution in [2.24, 2.45) is 0 Å². The Bertz CT molecular complexity index is 428. The molecule has 0 atom stereocenters. The number of rotatable bonds is 1. The van der Waals surface area contributed by atoms with Crippen molar-refractivity contribution in [3.8, 4) is 5.69 Å². The summed E-state index contributed by atoms with van der Waals surface area (Å²) < 4.78 is 2.69. The first-order valence-corrected chi connectivity index (χ1v) is 5.31. The second-order valence-electron chi connectivity index (χ2n) is 3.02. The number of hydrogen-bond donors (Lipinski definition) is 0. The van der Waals surface area contributed by atoms with Crippen LogP contribution in [0.3, 0.4) is 0 Å². The van der Waals surface area contributed by atoms with Crippen molar-refractivity contribution in [3.05, 3.63) is 45.9 Å². The molecule has 0 saturated carbocycles. The van der Waals surface area contributed by atoms with Crippen molar-refractivity contribution >= 4 is 27.5 Å². The molecular formula is C10H8BrClN2. The molecule has 2 nitrogen and oxygen atoms in total. The fourth-order valence-corrected chi connectivity index (χ4v) is 2.05. The van der Waals surface area contributed by atoms with Gasteiger partial charge in [0.1, 0.15) is 4.60 Å². The number of halogens is 2. The van der Waals surface area contributed by atoms with Crippen molar-refractivity contribution in [2.75, 3.05) is 0 Å². The Morgan fingerprint density at radius 1 is 1.29 bits per heavy atom. The van der Waals surface area contributed by atoms with Gasteiger partial charge in [-0.25, -0.2) is 4.98 Å².